The van der Waals surface area contributed by atoms with Gasteiger partial charge in [-0.1, -0.05) is 6.07 Å². The molecule has 5 nitrogen and oxygen atoms in total. The molecular formula is C15H20N2O3S. The Kier molecular flexibility index (Phi) is 3.53. The summed E-state index contributed by atoms with van der Waals surface area (Å²) in [6, 6.07) is 4.78. The van der Waals surface area contributed by atoms with Gasteiger partial charge in [0.2, 0.25) is 15.9 Å². The molecule has 0 heterocycles. The zero-order chi connectivity index (χ0) is 15.2. The maximum Gasteiger partial charge on any atom is 0.240 e. The molecule has 1 aromatic carbocycles. The second-order valence-corrected chi connectivity index (χ2v) is 7.98. The zero-order valence-electron chi connectivity index (χ0n) is 12.2. The highest BCUT2D eigenvalue weighted by Crippen LogP contribution is 2.54. The maximum absolute atomic E-state index is 12.3. The number of carbonyl (C=O) groups excluding carboxylic acids is 1. The van der Waals surface area contributed by atoms with E-state index in [2.05, 4.69) is 10.0 Å². The van der Waals surface area contributed by atoms with Crippen molar-refractivity contribution >= 4 is 21.6 Å². The van der Waals surface area contributed by atoms with E-state index in [9.17, 15) is 13.2 Å². The molecule has 6 heteroatoms. The van der Waals surface area contributed by atoms with Crippen molar-refractivity contribution in [3.8, 4) is 0 Å². The third-order valence-electron chi connectivity index (χ3n) is 4.66. The minimum Gasteiger partial charge on any atom is -0.326 e. The Bertz CT molecular complexity index is 674. The lowest BCUT2D eigenvalue weighted by atomic mass is 10.0. The van der Waals surface area contributed by atoms with Crippen molar-refractivity contribution in [2.75, 3.05) is 12.4 Å². The number of aryl methyl sites for hydroxylation is 1. The fourth-order valence-corrected chi connectivity index (χ4v) is 3.94. The first-order chi connectivity index (χ1) is 9.90. The normalized spacial score (nSPS) is 27.2. The molecule has 0 aliphatic heterocycles. The van der Waals surface area contributed by atoms with Gasteiger partial charge in [0.15, 0.2) is 0 Å². The molecule has 2 aliphatic rings. The summed E-state index contributed by atoms with van der Waals surface area (Å²) in [5.74, 6) is 1.60. The summed E-state index contributed by atoms with van der Waals surface area (Å²) in [4.78, 5) is 12.5. The Morgan fingerprint density at radius 2 is 1.86 bits per heavy atom. The fraction of sp³-hybridized carbons (Fsp3) is 0.533. The number of hydrogen-bond donors (Lipinski definition) is 2. The number of benzene rings is 1. The minimum absolute atomic E-state index is 0.0179. The van der Waals surface area contributed by atoms with Crippen molar-refractivity contribution in [3.63, 3.8) is 0 Å². The molecule has 21 heavy (non-hydrogen) atoms. The molecule has 2 saturated carbocycles. The number of rotatable bonds is 4. The molecule has 2 aliphatic carbocycles. The highest BCUT2D eigenvalue weighted by Gasteiger charge is 2.48. The molecule has 0 bridgehead atoms. The van der Waals surface area contributed by atoms with E-state index in [1.165, 1.54) is 19.5 Å². The van der Waals surface area contributed by atoms with Crippen LogP contribution in [0.4, 0.5) is 5.69 Å². The molecule has 0 aromatic heterocycles. The summed E-state index contributed by atoms with van der Waals surface area (Å²) < 4.78 is 25.9. The summed E-state index contributed by atoms with van der Waals surface area (Å²) in [5.41, 5.74) is 1.44. The van der Waals surface area contributed by atoms with Crippen LogP contribution in [0.3, 0.4) is 0 Å². The van der Waals surface area contributed by atoms with Crippen LogP contribution >= 0.6 is 0 Å². The van der Waals surface area contributed by atoms with Gasteiger partial charge in [0, 0.05) is 11.6 Å². The first kappa shape index (κ1) is 14.5. The second kappa shape index (κ2) is 5.10. The number of sulfonamides is 1. The van der Waals surface area contributed by atoms with Crippen molar-refractivity contribution in [1.82, 2.24) is 4.72 Å². The van der Waals surface area contributed by atoms with Crippen LogP contribution in [0.25, 0.3) is 0 Å². The van der Waals surface area contributed by atoms with Crippen molar-refractivity contribution in [1.29, 1.82) is 0 Å². The van der Waals surface area contributed by atoms with Crippen LogP contribution in [0.5, 0.6) is 0 Å². The number of carbonyl (C=O) groups is 1. The van der Waals surface area contributed by atoms with Crippen LogP contribution in [0.15, 0.2) is 23.1 Å². The highest BCUT2D eigenvalue weighted by molar-refractivity contribution is 7.89. The Morgan fingerprint density at radius 3 is 2.48 bits per heavy atom. The zero-order valence-corrected chi connectivity index (χ0v) is 13.0. The third-order valence-corrected chi connectivity index (χ3v) is 6.07. The molecule has 2 fully saturated rings. The van der Waals surface area contributed by atoms with Gasteiger partial charge >= 0.3 is 0 Å². The van der Waals surface area contributed by atoms with Crippen molar-refractivity contribution in [3.05, 3.63) is 23.8 Å². The monoisotopic (exact) mass is 308 g/mol. The average molecular weight is 308 g/mol. The summed E-state index contributed by atoms with van der Waals surface area (Å²) in [6.45, 7) is 1.86. The molecule has 114 valence electrons. The molecule has 3 rings (SSSR count). The summed E-state index contributed by atoms with van der Waals surface area (Å²) in [5, 5.41) is 2.90. The van der Waals surface area contributed by atoms with E-state index in [1.807, 2.05) is 6.92 Å². The molecule has 1 amide bonds. The van der Waals surface area contributed by atoms with Crippen LogP contribution in [0.1, 0.15) is 24.8 Å². The predicted molar refractivity (Wildman–Crippen MR) is 80.4 cm³/mol. The summed E-state index contributed by atoms with van der Waals surface area (Å²) in [6.07, 6.45) is 3.23. The quantitative estimate of drug-likeness (QED) is 0.892. The average Bonchev–Trinajstić information content (AvgIpc) is 3.07. The lowest BCUT2D eigenvalue weighted by Gasteiger charge is -2.15. The SMILES string of the molecule is CNS(=O)(=O)c1ccc(C)c(NC(=O)C2CC3CC3C2)c1. The number of fused-ring (bicyclic) bond motifs is 1. The van der Waals surface area contributed by atoms with Crippen LogP contribution in [-0.4, -0.2) is 21.4 Å². The predicted octanol–water partition coefficient (Wildman–Crippen LogP) is 1.89. The fourth-order valence-electron chi connectivity index (χ4n) is 3.18. The van der Waals surface area contributed by atoms with Gasteiger partial charge in [-0.05, 0) is 62.8 Å². The van der Waals surface area contributed by atoms with E-state index in [-0.39, 0.29) is 16.7 Å². The molecule has 0 radical (unpaired) electrons. The molecule has 1 aromatic rings. The second-order valence-electron chi connectivity index (χ2n) is 6.10. The van der Waals surface area contributed by atoms with Crippen LogP contribution < -0.4 is 10.0 Å². The lowest BCUT2D eigenvalue weighted by molar-refractivity contribution is -0.120. The largest absolute Gasteiger partial charge is 0.326 e. The first-order valence-electron chi connectivity index (χ1n) is 7.26. The van der Waals surface area contributed by atoms with E-state index in [1.54, 1.807) is 12.1 Å². The molecular weight excluding hydrogens is 288 g/mol. The Labute approximate surface area is 125 Å². The molecule has 2 unspecified atom stereocenters. The van der Waals surface area contributed by atoms with Gasteiger partial charge in [0.1, 0.15) is 0 Å². The van der Waals surface area contributed by atoms with E-state index in [0.717, 1.165) is 30.2 Å². The van der Waals surface area contributed by atoms with Crippen molar-refractivity contribution in [2.45, 2.75) is 31.1 Å². The Morgan fingerprint density at radius 1 is 1.19 bits per heavy atom. The first-order valence-corrected chi connectivity index (χ1v) is 8.74. The van der Waals surface area contributed by atoms with Crippen LogP contribution in [0, 0.1) is 24.7 Å². The number of nitrogens with one attached hydrogen (secondary N) is 2. The van der Waals surface area contributed by atoms with Crippen LogP contribution in [0.2, 0.25) is 0 Å². The maximum atomic E-state index is 12.3. The molecule has 2 N–H and O–H groups in total. The third kappa shape index (κ3) is 2.82. The highest BCUT2D eigenvalue weighted by atomic mass is 32.2. The Balaban J connectivity index is 1.78. The summed E-state index contributed by atoms with van der Waals surface area (Å²) in [7, 11) is -2.12. The van der Waals surface area contributed by atoms with Crippen molar-refractivity contribution in [2.24, 2.45) is 17.8 Å². The number of anilines is 1. The molecule has 2 atom stereocenters. The number of hydrogen-bond acceptors (Lipinski definition) is 3. The van der Waals surface area contributed by atoms with E-state index in [0.29, 0.717) is 5.69 Å². The number of amides is 1. The standard InChI is InChI=1S/C15H20N2O3S/c1-9-3-4-13(21(19,20)16-2)8-14(9)17-15(18)12-6-10-5-11(10)7-12/h3-4,8,10-12,16H,5-7H2,1-2H3,(H,17,18). The van der Waals surface area contributed by atoms with Gasteiger partial charge < -0.3 is 5.32 Å². The van der Waals surface area contributed by atoms with Gasteiger partial charge in [-0.3, -0.25) is 4.79 Å². The Hall–Kier alpha value is -1.40. The lowest BCUT2D eigenvalue weighted by Crippen LogP contribution is -2.23. The minimum atomic E-state index is -3.50. The van der Waals surface area contributed by atoms with Gasteiger partial charge in [-0.25, -0.2) is 13.1 Å². The van der Waals surface area contributed by atoms with E-state index in [4.69, 9.17) is 0 Å². The van der Waals surface area contributed by atoms with E-state index < -0.39 is 10.0 Å². The van der Waals surface area contributed by atoms with Gasteiger partial charge in [-0.2, -0.15) is 0 Å². The van der Waals surface area contributed by atoms with Gasteiger partial charge in [0.05, 0.1) is 4.90 Å². The van der Waals surface area contributed by atoms with Crippen molar-refractivity contribution < 1.29 is 13.2 Å². The smallest absolute Gasteiger partial charge is 0.240 e. The van der Waals surface area contributed by atoms with Gasteiger partial charge in [-0.15, -0.1) is 0 Å². The van der Waals surface area contributed by atoms with E-state index >= 15 is 0 Å². The summed E-state index contributed by atoms with van der Waals surface area (Å²) >= 11 is 0. The topological polar surface area (TPSA) is 75.3 Å². The van der Waals surface area contributed by atoms with Crippen LogP contribution in [-0.2, 0) is 14.8 Å². The molecule has 0 spiro atoms. The van der Waals surface area contributed by atoms with Gasteiger partial charge in [0.25, 0.3) is 0 Å². The molecule has 0 saturated heterocycles.